The van der Waals surface area contributed by atoms with E-state index in [1.54, 1.807) is 0 Å². The molecule has 2 rings (SSSR count). The third-order valence-electron chi connectivity index (χ3n) is 2.94. The molecule has 0 saturated heterocycles. The van der Waals surface area contributed by atoms with Gasteiger partial charge < -0.3 is 9.84 Å². The minimum Gasteiger partial charge on any atom is -0.489 e. The topological polar surface area (TPSA) is 29.5 Å². The lowest BCUT2D eigenvalue weighted by Gasteiger charge is -2.14. The Morgan fingerprint density at radius 1 is 1.24 bits per heavy atom. The van der Waals surface area contributed by atoms with E-state index in [4.69, 9.17) is 9.84 Å². The maximum absolute atomic E-state index is 8.71. The SMILES string of the molecule is OCCC#Cc1ccccc1OC1CCCC1. The molecule has 0 bridgehead atoms. The van der Waals surface area contributed by atoms with E-state index in [2.05, 4.69) is 11.8 Å². The van der Waals surface area contributed by atoms with Crippen molar-refractivity contribution in [2.24, 2.45) is 0 Å². The minimum absolute atomic E-state index is 0.110. The first kappa shape index (κ1) is 12.0. The molecule has 0 aliphatic heterocycles. The van der Waals surface area contributed by atoms with Gasteiger partial charge in [0.25, 0.3) is 0 Å². The summed E-state index contributed by atoms with van der Waals surface area (Å²) in [6.45, 7) is 0.110. The summed E-state index contributed by atoms with van der Waals surface area (Å²) < 4.78 is 5.97. The average molecular weight is 230 g/mol. The molecule has 1 N–H and O–H groups in total. The van der Waals surface area contributed by atoms with Crippen molar-refractivity contribution in [2.45, 2.75) is 38.2 Å². The molecule has 1 fully saturated rings. The molecule has 90 valence electrons. The van der Waals surface area contributed by atoms with Gasteiger partial charge in [-0.05, 0) is 37.8 Å². The zero-order valence-electron chi connectivity index (χ0n) is 9.98. The van der Waals surface area contributed by atoms with Gasteiger partial charge in [0.1, 0.15) is 5.75 Å². The van der Waals surface area contributed by atoms with Crippen molar-refractivity contribution in [1.82, 2.24) is 0 Å². The number of hydrogen-bond acceptors (Lipinski definition) is 2. The average Bonchev–Trinajstić information content (AvgIpc) is 2.84. The Morgan fingerprint density at radius 2 is 2.00 bits per heavy atom. The molecule has 2 nitrogen and oxygen atoms in total. The highest BCUT2D eigenvalue weighted by Crippen LogP contribution is 2.26. The van der Waals surface area contributed by atoms with E-state index in [1.807, 2.05) is 24.3 Å². The Labute approximate surface area is 103 Å². The summed E-state index contributed by atoms with van der Waals surface area (Å²) in [5.41, 5.74) is 0.924. The lowest BCUT2D eigenvalue weighted by atomic mass is 10.2. The first-order valence-electron chi connectivity index (χ1n) is 6.25. The van der Waals surface area contributed by atoms with Crippen LogP contribution in [0.3, 0.4) is 0 Å². The highest BCUT2D eigenvalue weighted by Gasteiger charge is 2.17. The summed E-state index contributed by atoms with van der Waals surface area (Å²) in [4.78, 5) is 0. The van der Waals surface area contributed by atoms with Gasteiger partial charge in [-0.25, -0.2) is 0 Å². The van der Waals surface area contributed by atoms with E-state index in [-0.39, 0.29) is 6.61 Å². The van der Waals surface area contributed by atoms with Crippen LogP contribution in [0.1, 0.15) is 37.7 Å². The number of para-hydroxylation sites is 1. The molecule has 0 unspecified atom stereocenters. The number of ether oxygens (including phenoxy) is 1. The monoisotopic (exact) mass is 230 g/mol. The Hall–Kier alpha value is -1.46. The maximum atomic E-state index is 8.71. The van der Waals surface area contributed by atoms with Crippen LogP contribution in [0.15, 0.2) is 24.3 Å². The van der Waals surface area contributed by atoms with Crippen LogP contribution in [-0.4, -0.2) is 17.8 Å². The van der Waals surface area contributed by atoms with Gasteiger partial charge in [-0.2, -0.15) is 0 Å². The fraction of sp³-hybridized carbons (Fsp3) is 0.467. The molecular weight excluding hydrogens is 212 g/mol. The smallest absolute Gasteiger partial charge is 0.135 e. The number of rotatable bonds is 3. The number of aliphatic hydroxyl groups is 1. The second-order valence-corrected chi connectivity index (χ2v) is 4.30. The zero-order valence-corrected chi connectivity index (χ0v) is 9.98. The standard InChI is InChI=1S/C15H18O2/c16-12-6-5-8-13-7-1-4-11-15(13)17-14-9-2-3-10-14/h1,4,7,11,14,16H,2-3,6,9-10,12H2. The first-order chi connectivity index (χ1) is 8.40. The van der Waals surface area contributed by atoms with Crippen LogP contribution >= 0.6 is 0 Å². The molecule has 0 spiro atoms. The zero-order chi connectivity index (χ0) is 11.9. The second kappa shape index (κ2) is 6.32. The lowest BCUT2D eigenvalue weighted by molar-refractivity contribution is 0.209. The normalized spacial score (nSPS) is 15.4. The quantitative estimate of drug-likeness (QED) is 0.809. The van der Waals surface area contributed by atoms with Gasteiger partial charge in [0.05, 0.1) is 18.3 Å². The van der Waals surface area contributed by atoms with Crippen LogP contribution in [0.25, 0.3) is 0 Å². The van der Waals surface area contributed by atoms with E-state index >= 15 is 0 Å². The van der Waals surface area contributed by atoms with Crippen LogP contribution in [0.4, 0.5) is 0 Å². The summed E-state index contributed by atoms with van der Waals surface area (Å²) in [6, 6.07) is 7.88. The molecule has 17 heavy (non-hydrogen) atoms. The highest BCUT2D eigenvalue weighted by atomic mass is 16.5. The Morgan fingerprint density at radius 3 is 2.76 bits per heavy atom. The summed E-state index contributed by atoms with van der Waals surface area (Å²) in [5.74, 6) is 6.87. The molecule has 0 aromatic heterocycles. The van der Waals surface area contributed by atoms with E-state index in [9.17, 15) is 0 Å². The van der Waals surface area contributed by atoms with Gasteiger partial charge in [-0.3, -0.25) is 0 Å². The molecule has 0 heterocycles. The molecule has 0 radical (unpaired) electrons. The summed E-state index contributed by atoms with van der Waals surface area (Å²) in [6.07, 6.45) is 5.71. The Kier molecular flexibility index (Phi) is 4.46. The molecule has 0 atom stereocenters. The number of aliphatic hydroxyl groups excluding tert-OH is 1. The summed E-state index contributed by atoms with van der Waals surface area (Å²) >= 11 is 0. The van der Waals surface area contributed by atoms with Gasteiger partial charge >= 0.3 is 0 Å². The van der Waals surface area contributed by atoms with Crippen LogP contribution in [0.2, 0.25) is 0 Å². The molecular formula is C15H18O2. The predicted molar refractivity (Wildman–Crippen MR) is 67.9 cm³/mol. The largest absolute Gasteiger partial charge is 0.489 e. The van der Waals surface area contributed by atoms with E-state index in [1.165, 1.54) is 12.8 Å². The van der Waals surface area contributed by atoms with Crippen molar-refractivity contribution in [2.75, 3.05) is 6.61 Å². The maximum Gasteiger partial charge on any atom is 0.135 e. The van der Waals surface area contributed by atoms with Crippen LogP contribution in [-0.2, 0) is 0 Å². The van der Waals surface area contributed by atoms with Crippen molar-refractivity contribution in [3.63, 3.8) is 0 Å². The van der Waals surface area contributed by atoms with Crippen molar-refractivity contribution < 1.29 is 9.84 Å². The first-order valence-corrected chi connectivity index (χ1v) is 6.25. The molecule has 1 aliphatic carbocycles. The van der Waals surface area contributed by atoms with Gasteiger partial charge in [0, 0.05) is 6.42 Å². The molecule has 1 aromatic rings. The van der Waals surface area contributed by atoms with Gasteiger partial charge in [0.15, 0.2) is 0 Å². The molecule has 1 aromatic carbocycles. The third kappa shape index (κ3) is 3.51. The predicted octanol–water partition coefficient (Wildman–Crippen LogP) is 2.74. The van der Waals surface area contributed by atoms with E-state index in [0.717, 1.165) is 24.2 Å². The van der Waals surface area contributed by atoms with E-state index in [0.29, 0.717) is 12.5 Å². The van der Waals surface area contributed by atoms with Crippen molar-refractivity contribution in [3.8, 4) is 17.6 Å². The molecule has 0 amide bonds. The lowest BCUT2D eigenvalue weighted by Crippen LogP contribution is -2.11. The van der Waals surface area contributed by atoms with Gasteiger partial charge in [-0.1, -0.05) is 24.0 Å². The molecule has 2 heteroatoms. The Balaban J connectivity index is 2.07. The van der Waals surface area contributed by atoms with Gasteiger partial charge in [-0.15, -0.1) is 0 Å². The second-order valence-electron chi connectivity index (χ2n) is 4.30. The summed E-state index contributed by atoms with van der Waals surface area (Å²) in [7, 11) is 0. The van der Waals surface area contributed by atoms with Crippen molar-refractivity contribution >= 4 is 0 Å². The van der Waals surface area contributed by atoms with Crippen LogP contribution < -0.4 is 4.74 Å². The van der Waals surface area contributed by atoms with E-state index < -0.39 is 0 Å². The highest BCUT2D eigenvalue weighted by molar-refractivity contribution is 5.46. The van der Waals surface area contributed by atoms with Crippen LogP contribution in [0.5, 0.6) is 5.75 Å². The van der Waals surface area contributed by atoms with Crippen molar-refractivity contribution in [3.05, 3.63) is 29.8 Å². The summed E-state index contributed by atoms with van der Waals surface area (Å²) in [5, 5.41) is 8.71. The van der Waals surface area contributed by atoms with Crippen molar-refractivity contribution in [1.29, 1.82) is 0 Å². The number of hydrogen-bond donors (Lipinski definition) is 1. The van der Waals surface area contributed by atoms with Gasteiger partial charge in [0.2, 0.25) is 0 Å². The fourth-order valence-corrected chi connectivity index (χ4v) is 2.07. The molecule has 1 saturated carbocycles. The molecule has 1 aliphatic rings. The Bertz CT molecular complexity index is 408. The fourth-order valence-electron chi connectivity index (χ4n) is 2.07. The third-order valence-corrected chi connectivity index (χ3v) is 2.94. The van der Waals surface area contributed by atoms with Crippen LogP contribution in [0, 0.1) is 11.8 Å². The number of benzene rings is 1. The minimum atomic E-state index is 0.110.